The van der Waals surface area contributed by atoms with Gasteiger partial charge in [0.1, 0.15) is 26.4 Å². The Balaban J connectivity index is -0.000000246. The van der Waals surface area contributed by atoms with E-state index in [0.717, 1.165) is 95.2 Å². The van der Waals surface area contributed by atoms with E-state index in [1.165, 1.54) is 135 Å². The highest BCUT2D eigenvalue weighted by Gasteiger charge is 2.21. The topological polar surface area (TPSA) is 361 Å². The highest BCUT2D eigenvalue weighted by Crippen LogP contribution is 2.23. The number of aliphatic hydroxyl groups is 4. The van der Waals surface area contributed by atoms with Gasteiger partial charge in [0, 0.05) is 94.3 Å². The third-order valence-electron chi connectivity index (χ3n) is 14.6. The first kappa shape index (κ1) is 123. The summed E-state index contributed by atoms with van der Waals surface area (Å²) in [7, 11) is 7.34. The Kier molecular flexibility index (Phi) is 109. The largest absolute Gasteiger partial charge is 0.462 e. The molecule has 28 heteroatoms. The van der Waals surface area contributed by atoms with Crippen LogP contribution in [-0.4, -0.2) is 186 Å². The predicted molar refractivity (Wildman–Crippen MR) is 476 cm³/mol. The normalized spacial score (nSPS) is 10.6. The van der Waals surface area contributed by atoms with Gasteiger partial charge >= 0.3 is 23.9 Å². The number of hydrogen-bond donors (Lipinski definition) is 10. The number of carbonyl (C=O) groups excluding carboxylic acids is 10. The first-order valence-corrected chi connectivity index (χ1v) is 47.4. The monoisotopic (exact) mass is 1710 g/mol. The van der Waals surface area contributed by atoms with Crippen LogP contribution >= 0.6 is 43.2 Å². The lowest BCUT2D eigenvalue weighted by Gasteiger charge is -2.13. The fourth-order valence-corrected chi connectivity index (χ4v) is 12.4. The zero-order valence-corrected chi connectivity index (χ0v) is 76.9. The fourth-order valence-electron chi connectivity index (χ4n) is 8.18. The minimum Gasteiger partial charge on any atom is -0.462 e. The number of hydrogen-bond acceptors (Lipinski definition) is 22. The number of ether oxygens (including phenoxy) is 4. The molecule has 0 heterocycles. The number of carbonyl (C=O) groups is 10. The molecule has 4 atom stereocenters. The lowest BCUT2D eigenvalue weighted by molar-refractivity contribution is -0.152. The lowest BCUT2D eigenvalue weighted by Crippen LogP contribution is -2.41. The van der Waals surface area contributed by atoms with Crippen LogP contribution in [0.3, 0.4) is 0 Å². The molecule has 0 aliphatic rings. The van der Waals surface area contributed by atoms with Crippen molar-refractivity contribution in [1.29, 1.82) is 0 Å². The van der Waals surface area contributed by atoms with Crippen LogP contribution in [0, 0.1) is 0 Å². The van der Waals surface area contributed by atoms with Crippen LogP contribution in [0.1, 0.15) is 322 Å². The molecule has 0 saturated carbocycles. The van der Waals surface area contributed by atoms with Gasteiger partial charge in [-0.1, -0.05) is 241 Å². The Morgan fingerprint density at radius 3 is 0.905 bits per heavy atom. The van der Waals surface area contributed by atoms with E-state index >= 15 is 0 Å². The number of unbranched alkanes of at least 4 members (excludes halogenated alkanes) is 17. The van der Waals surface area contributed by atoms with Crippen LogP contribution in [0.25, 0.3) is 0 Å². The standard InChI is InChI=1S/2C17H31NO5.C17H13NO3.C13H27NOS2.C11H23NO3.C10H21NOS2.C3H8/c2*1-3-5-6-7-8-12-18-15(19)10-11-17(21)23-14-13-22-16(20)9-4-2;1-4-5-6-7-8-9-10-11-12-13-14(2)18-17(21)16(20)15(3)19;1-3-5-6-7-8-10-14-13(15)9-12-17-16-11-4-2;1-3-4-5-6-7-8-12-11(15)10(14)9(2)13;1-3-5-7-11-10(12)6-9-14-13-8-4-2;1-3-2/h2*3-14H2,1-2H3,(H,18,19);15-16,19-20H,1H2,2-3H3,(H,18,21);3-12H2,1-2H3,(H,14,15);9-10,13-14H,3-8H2,1-2H3,(H,12,15);3-9H2,1-2H3,(H,11,12);3H2,1-2H3. The number of allylic oxidation sites excluding steroid dienone is 1. The molecule has 0 spiro atoms. The summed E-state index contributed by atoms with van der Waals surface area (Å²) in [5.74, 6) is 1.69. The van der Waals surface area contributed by atoms with E-state index in [9.17, 15) is 58.2 Å². The Bertz CT molecular complexity index is 2810. The molecule has 10 N–H and O–H groups in total. The summed E-state index contributed by atoms with van der Waals surface area (Å²) in [6, 6.07) is 0. The maximum atomic E-state index is 11.5. The minimum atomic E-state index is -1.50. The van der Waals surface area contributed by atoms with Crippen molar-refractivity contribution in [3.8, 4) is 0 Å². The molecule has 668 valence electrons. The first-order valence-electron chi connectivity index (χ1n) is 42.4. The second-order valence-electron chi connectivity index (χ2n) is 26.4. The van der Waals surface area contributed by atoms with E-state index in [-0.39, 0.29) is 87.7 Å². The maximum Gasteiger partial charge on any atom is 0.306 e. The molecule has 116 heavy (non-hydrogen) atoms. The fraction of sp³-hybridized carbons (Fsp3) is 0.750. The summed E-state index contributed by atoms with van der Waals surface area (Å²) in [5.41, 5.74) is 24.8. The Hall–Kier alpha value is -6.52. The molecule has 4 unspecified atom stereocenters. The number of rotatable bonds is 60. The van der Waals surface area contributed by atoms with E-state index in [2.05, 4.69) is 158 Å². The molecule has 0 fully saturated rings. The van der Waals surface area contributed by atoms with Crippen molar-refractivity contribution in [2.24, 2.45) is 0 Å². The van der Waals surface area contributed by atoms with Gasteiger partial charge in [-0.25, -0.2) is 0 Å². The van der Waals surface area contributed by atoms with Crippen LogP contribution in [-0.2, 0) is 66.9 Å². The highest BCUT2D eigenvalue weighted by atomic mass is 33.1. The van der Waals surface area contributed by atoms with Gasteiger partial charge in [0.2, 0.25) is 23.6 Å². The predicted octanol–water partition coefficient (Wildman–Crippen LogP) is 16.0. The zero-order valence-electron chi connectivity index (χ0n) is 73.6. The molecule has 0 bridgehead atoms. The number of amides is 6. The van der Waals surface area contributed by atoms with E-state index in [0.29, 0.717) is 51.0 Å². The van der Waals surface area contributed by atoms with Crippen LogP contribution < -0.4 is 31.9 Å². The molecule has 6 amide bonds. The van der Waals surface area contributed by atoms with Gasteiger partial charge < -0.3 is 71.3 Å². The quantitative estimate of drug-likeness (QED) is 0.00889. The molecule has 0 aromatic heterocycles. The average molecular weight is 1710 g/mol. The molecular weight excluding hydrogens is 1560 g/mol. The van der Waals surface area contributed by atoms with Crippen molar-refractivity contribution in [3.05, 3.63) is 69.6 Å². The minimum absolute atomic E-state index is 0.0351. The number of aliphatic hydroxyl groups excluding tert-OH is 4. The SMILES string of the molecule is C=C=C=C=C=C=C=C=C=C=C=C(C)NC(=O)C(O)C(C)O.CCC.CCCCCCCNC(=O)C(O)C(C)O.CCCCCCCNC(=O)CCC(=O)OCCOC(=O)CCC.CCCCCCCNC(=O)CCC(=O)OCCOC(=O)CCC.CCCCCCCNC(=O)CCSSCCC.CCCCNC(=O)CCSSCCC. The van der Waals surface area contributed by atoms with Gasteiger partial charge in [0.15, 0.2) is 12.2 Å². The summed E-state index contributed by atoms with van der Waals surface area (Å²) in [5, 5.41) is 52.9. The lowest BCUT2D eigenvalue weighted by atomic mass is 10.1. The summed E-state index contributed by atoms with van der Waals surface area (Å²) in [4.78, 5) is 113. The molecule has 0 aliphatic carbocycles. The third-order valence-corrected chi connectivity index (χ3v) is 19.8. The molecule has 0 radical (unpaired) electrons. The van der Waals surface area contributed by atoms with Crippen molar-refractivity contribution in [1.82, 2.24) is 31.9 Å². The maximum absolute atomic E-state index is 11.5. The highest BCUT2D eigenvalue weighted by molar-refractivity contribution is 8.77. The summed E-state index contributed by atoms with van der Waals surface area (Å²) >= 11 is 0. The number of nitrogens with one attached hydrogen (secondary N) is 6. The van der Waals surface area contributed by atoms with Gasteiger partial charge in [-0.3, -0.25) is 47.9 Å². The molecular formula is C88H154N6O18S4. The second kappa shape index (κ2) is 103. The van der Waals surface area contributed by atoms with E-state index in [1.807, 2.05) is 46.2 Å². The second-order valence-corrected chi connectivity index (χ2v) is 31.8. The van der Waals surface area contributed by atoms with E-state index in [4.69, 9.17) is 29.2 Å². The summed E-state index contributed by atoms with van der Waals surface area (Å²) in [6.07, 6.45) is 28.1. The Morgan fingerprint density at radius 2 is 0.595 bits per heavy atom. The van der Waals surface area contributed by atoms with Crippen LogP contribution in [0.4, 0.5) is 0 Å². The van der Waals surface area contributed by atoms with E-state index in [1.54, 1.807) is 10.8 Å². The average Bonchev–Trinajstić information content (AvgIpc) is 0.937. The number of esters is 4. The van der Waals surface area contributed by atoms with Crippen molar-refractivity contribution >= 4 is 102 Å². The molecule has 0 aliphatic heterocycles. The van der Waals surface area contributed by atoms with Crippen LogP contribution in [0.2, 0.25) is 0 Å². The first-order chi connectivity index (χ1) is 55.8. The summed E-state index contributed by atoms with van der Waals surface area (Å²) < 4.78 is 19.5. The van der Waals surface area contributed by atoms with Gasteiger partial charge in [-0.05, 0) is 137 Å². The zero-order chi connectivity index (χ0) is 88.6. The van der Waals surface area contributed by atoms with Crippen LogP contribution in [0.5, 0.6) is 0 Å². The van der Waals surface area contributed by atoms with Gasteiger partial charge in [-0.15, -0.1) is 0 Å². The summed E-state index contributed by atoms with van der Waals surface area (Å²) in [6.45, 7) is 34.5. The Morgan fingerprint density at radius 1 is 0.319 bits per heavy atom. The van der Waals surface area contributed by atoms with Gasteiger partial charge in [0.25, 0.3) is 11.8 Å². The van der Waals surface area contributed by atoms with E-state index < -0.39 is 48.2 Å². The molecule has 0 aromatic rings. The van der Waals surface area contributed by atoms with Crippen molar-refractivity contribution in [2.45, 2.75) is 346 Å². The van der Waals surface area contributed by atoms with Gasteiger partial charge in [-0.2, -0.15) is 0 Å². The third kappa shape index (κ3) is 110. The molecule has 0 rings (SSSR count). The smallest absolute Gasteiger partial charge is 0.306 e. The van der Waals surface area contributed by atoms with Crippen molar-refractivity contribution in [3.63, 3.8) is 0 Å². The van der Waals surface area contributed by atoms with Gasteiger partial charge in [0.05, 0.1) is 30.7 Å². The molecule has 0 aromatic carbocycles. The molecule has 24 nitrogen and oxygen atoms in total. The molecule has 0 saturated heterocycles. The van der Waals surface area contributed by atoms with Crippen molar-refractivity contribution in [2.75, 3.05) is 82.2 Å². The van der Waals surface area contributed by atoms with Crippen LogP contribution in [0.15, 0.2) is 69.6 Å². The van der Waals surface area contributed by atoms with Crippen molar-refractivity contribution < 1.29 is 87.3 Å². The Labute approximate surface area is 715 Å².